The van der Waals surface area contributed by atoms with Crippen LogP contribution < -0.4 is 5.32 Å². The van der Waals surface area contributed by atoms with Gasteiger partial charge < -0.3 is 19.9 Å². The molecule has 8 nitrogen and oxygen atoms in total. The number of carbonyl (C=O) groups is 4. The maximum Gasteiger partial charge on any atom is 0.410 e. The molecule has 0 aromatic heterocycles. The summed E-state index contributed by atoms with van der Waals surface area (Å²) in [7, 11) is 0. The summed E-state index contributed by atoms with van der Waals surface area (Å²) in [5, 5.41) is 2.80. The molecule has 0 unspecified atom stereocenters. The molecule has 0 spiro atoms. The summed E-state index contributed by atoms with van der Waals surface area (Å²) in [4.78, 5) is 53.0. The van der Waals surface area contributed by atoms with E-state index in [1.807, 2.05) is 51.1 Å². The van der Waals surface area contributed by atoms with Gasteiger partial charge in [-0.3, -0.25) is 14.4 Å². The Labute approximate surface area is 182 Å². The molecule has 2 saturated heterocycles. The Hall–Kier alpha value is -2.90. The van der Waals surface area contributed by atoms with Gasteiger partial charge in [0.1, 0.15) is 11.6 Å². The van der Waals surface area contributed by atoms with E-state index in [9.17, 15) is 19.2 Å². The van der Waals surface area contributed by atoms with Crippen LogP contribution in [-0.4, -0.2) is 64.3 Å². The number of ketones is 1. The monoisotopic (exact) mass is 429 g/mol. The highest BCUT2D eigenvalue weighted by atomic mass is 16.6. The van der Waals surface area contributed by atoms with E-state index in [1.54, 1.807) is 4.90 Å². The zero-order valence-corrected chi connectivity index (χ0v) is 18.4. The van der Waals surface area contributed by atoms with Gasteiger partial charge >= 0.3 is 6.09 Å². The quantitative estimate of drug-likeness (QED) is 0.725. The zero-order valence-electron chi connectivity index (χ0n) is 18.4. The molecular formula is C23H31N3O5. The third kappa shape index (κ3) is 6.06. The van der Waals surface area contributed by atoms with E-state index in [2.05, 4.69) is 5.32 Å². The molecule has 1 atom stereocenters. The van der Waals surface area contributed by atoms with Crippen molar-refractivity contribution in [3.8, 4) is 0 Å². The summed E-state index contributed by atoms with van der Waals surface area (Å²) in [6, 6.07) is 8.52. The number of piperidine rings is 1. The fourth-order valence-electron chi connectivity index (χ4n) is 3.93. The topological polar surface area (TPSA) is 96.0 Å². The van der Waals surface area contributed by atoms with Crippen LogP contribution in [0.15, 0.2) is 30.3 Å². The van der Waals surface area contributed by atoms with Crippen molar-refractivity contribution in [2.75, 3.05) is 13.1 Å². The average Bonchev–Trinajstić information content (AvgIpc) is 3.07. The predicted molar refractivity (Wildman–Crippen MR) is 114 cm³/mol. The molecule has 2 fully saturated rings. The minimum absolute atomic E-state index is 0.110. The summed E-state index contributed by atoms with van der Waals surface area (Å²) < 4.78 is 5.38. The van der Waals surface area contributed by atoms with Gasteiger partial charge in [0.25, 0.3) is 5.91 Å². The first-order valence-corrected chi connectivity index (χ1v) is 10.8. The highest BCUT2D eigenvalue weighted by Gasteiger charge is 2.39. The molecule has 2 aliphatic rings. The Kier molecular flexibility index (Phi) is 6.97. The first-order chi connectivity index (χ1) is 14.6. The third-order valence-electron chi connectivity index (χ3n) is 5.53. The maximum absolute atomic E-state index is 12.8. The van der Waals surface area contributed by atoms with Crippen LogP contribution in [-0.2, 0) is 25.7 Å². The van der Waals surface area contributed by atoms with Crippen molar-refractivity contribution in [2.45, 2.75) is 70.7 Å². The van der Waals surface area contributed by atoms with Crippen molar-refractivity contribution in [3.63, 3.8) is 0 Å². The highest BCUT2D eigenvalue weighted by molar-refractivity contribution is 6.38. The first-order valence-electron chi connectivity index (χ1n) is 10.8. The van der Waals surface area contributed by atoms with Crippen LogP contribution in [0.3, 0.4) is 0 Å². The summed E-state index contributed by atoms with van der Waals surface area (Å²) in [5.74, 6) is -1.34. The lowest BCUT2D eigenvalue weighted by Gasteiger charge is -2.33. The maximum atomic E-state index is 12.8. The van der Waals surface area contributed by atoms with Crippen LogP contribution in [0.5, 0.6) is 0 Å². The second kappa shape index (κ2) is 9.49. The molecule has 3 amide bonds. The molecule has 0 aliphatic carbocycles. The Bertz CT molecular complexity index is 825. The lowest BCUT2D eigenvalue weighted by Crippen LogP contribution is -2.51. The van der Waals surface area contributed by atoms with E-state index < -0.39 is 23.3 Å². The van der Waals surface area contributed by atoms with Gasteiger partial charge in [0.2, 0.25) is 11.7 Å². The first kappa shape index (κ1) is 22.8. The van der Waals surface area contributed by atoms with E-state index in [0.29, 0.717) is 38.9 Å². The van der Waals surface area contributed by atoms with E-state index in [-0.39, 0.29) is 24.5 Å². The van der Waals surface area contributed by atoms with Gasteiger partial charge in [-0.1, -0.05) is 30.3 Å². The Morgan fingerprint density at radius 2 is 1.71 bits per heavy atom. The Morgan fingerprint density at radius 1 is 1.06 bits per heavy atom. The normalized spacial score (nSPS) is 20.0. The standard InChI is InChI=1S/C23H31N3O5/c1-23(2,3)31-22(30)25-13-11-17(12-14-25)24-21(29)20(28)18-9-10-19(27)26(18)15-16-7-5-4-6-8-16/h4-8,17-18H,9-15H2,1-3H3,(H,24,29)/t18-/m1/s1. The number of benzene rings is 1. The molecule has 31 heavy (non-hydrogen) atoms. The van der Waals surface area contributed by atoms with Crippen molar-refractivity contribution in [1.29, 1.82) is 0 Å². The van der Waals surface area contributed by atoms with Gasteiger partial charge in [-0.25, -0.2) is 4.79 Å². The number of hydrogen-bond donors (Lipinski definition) is 1. The van der Waals surface area contributed by atoms with Crippen molar-refractivity contribution in [2.24, 2.45) is 0 Å². The van der Waals surface area contributed by atoms with Gasteiger partial charge in [-0.15, -0.1) is 0 Å². The Morgan fingerprint density at radius 3 is 2.32 bits per heavy atom. The molecule has 168 valence electrons. The molecule has 2 aliphatic heterocycles. The molecule has 2 heterocycles. The molecule has 0 bridgehead atoms. The summed E-state index contributed by atoms with van der Waals surface area (Å²) >= 11 is 0. The molecule has 0 saturated carbocycles. The summed E-state index contributed by atoms with van der Waals surface area (Å²) in [6.07, 6.45) is 1.36. The molecule has 1 N–H and O–H groups in total. The van der Waals surface area contributed by atoms with E-state index in [4.69, 9.17) is 4.74 Å². The number of hydrogen-bond acceptors (Lipinski definition) is 5. The number of nitrogens with zero attached hydrogens (tertiary/aromatic N) is 2. The largest absolute Gasteiger partial charge is 0.444 e. The van der Waals surface area contributed by atoms with Gasteiger partial charge in [-0.2, -0.15) is 0 Å². The number of likely N-dealkylation sites (tertiary alicyclic amines) is 2. The van der Waals surface area contributed by atoms with E-state index in [0.717, 1.165) is 5.56 Å². The number of rotatable bonds is 5. The minimum Gasteiger partial charge on any atom is -0.444 e. The highest BCUT2D eigenvalue weighted by Crippen LogP contribution is 2.23. The van der Waals surface area contributed by atoms with Gasteiger partial charge in [-0.05, 0) is 45.6 Å². The number of Topliss-reactive ketones (excluding diaryl/α,β-unsaturated/α-hetero) is 1. The van der Waals surface area contributed by atoms with Crippen LogP contribution in [0.4, 0.5) is 4.79 Å². The number of amides is 3. The average molecular weight is 430 g/mol. The third-order valence-corrected chi connectivity index (χ3v) is 5.53. The summed E-state index contributed by atoms with van der Waals surface area (Å²) in [6.45, 7) is 6.68. The molecule has 0 radical (unpaired) electrons. The van der Waals surface area contributed by atoms with Gasteiger partial charge in [0.15, 0.2) is 0 Å². The predicted octanol–water partition coefficient (Wildman–Crippen LogP) is 2.26. The fraction of sp³-hybridized carbons (Fsp3) is 0.565. The van der Waals surface area contributed by atoms with Crippen LogP contribution in [0, 0.1) is 0 Å². The second-order valence-corrected chi connectivity index (χ2v) is 9.14. The fourth-order valence-corrected chi connectivity index (χ4v) is 3.93. The molecule has 1 aromatic carbocycles. The lowest BCUT2D eigenvalue weighted by molar-refractivity contribution is -0.143. The summed E-state index contributed by atoms with van der Waals surface area (Å²) in [5.41, 5.74) is 0.365. The molecule has 1 aromatic rings. The van der Waals surface area contributed by atoms with E-state index in [1.165, 1.54) is 4.90 Å². The lowest BCUT2D eigenvalue weighted by atomic mass is 10.0. The Balaban J connectivity index is 1.52. The minimum atomic E-state index is -0.727. The van der Waals surface area contributed by atoms with Gasteiger partial charge in [0.05, 0.1) is 0 Å². The van der Waals surface area contributed by atoms with Crippen molar-refractivity contribution in [3.05, 3.63) is 35.9 Å². The van der Waals surface area contributed by atoms with Crippen molar-refractivity contribution >= 4 is 23.7 Å². The SMILES string of the molecule is CC(C)(C)OC(=O)N1CCC(NC(=O)C(=O)[C@H]2CCC(=O)N2Cc2ccccc2)CC1. The van der Waals surface area contributed by atoms with Crippen LogP contribution in [0.2, 0.25) is 0 Å². The molecule has 8 heteroatoms. The van der Waals surface area contributed by atoms with Crippen LogP contribution >= 0.6 is 0 Å². The van der Waals surface area contributed by atoms with Gasteiger partial charge in [0, 0.05) is 32.1 Å². The second-order valence-electron chi connectivity index (χ2n) is 9.14. The van der Waals surface area contributed by atoms with Crippen molar-refractivity contribution < 1.29 is 23.9 Å². The molecular weight excluding hydrogens is 398 g/mol. The number of nitrogens with one attached hydrogen (secondary N) is 1. The number of carbonyl (C=O) groups excluding carboxylic acids is 4. The zero-order chi connectivity index (χ0) is 22.6. The van der Waals surface area contributed by atoms with Crippen molar-refractivity contribution in [1.82, 2.24) is 15.1 Å². The number of ether oxygens (including phenoxy) is 1. The van der Waals surface area contributed by atoms with Crippen LogP contribution in [0.25, 0.3) is 0 Å². The van der Waals surface area contributed by atoms with E-state index >= 15 is 0 Å². The smallest absolute Gasteiger partial charge is 0.410 e. The molecule has 3 rings (SSSR count). The van der Waals surface area contributed by atoms with Crippen LogP contribution in [0.1, 0.15) is 52.0 Å².